The lowest BCUT2D eigenvalue weighted by Gasteiger charge is -2.06. The molecule has 0 atom stereocenters. The van der Waals surface area contributed by atoms with E-state index in [1.807, 2.05) is 0 Å². The second-order valence-corrected chi connectivity index (χ2v) is 7.95. The number of hydrogen-bond acceptors (Lipinski definition) is 4. The maximum atomic E-state index is 12.3. The number of hydrogen-bond donors (Lipinski definition) is 3. The number of benzene rings is 1. The van der Waals surface area contributed by atoms with Crippen LogP contribution in [0.25, 0.3) is 21.8 Å². The lowest BCUT2D eigenvalue weighted by Crippen LogP contribution is -2.11. The molecule has 26 heavy (non-hydrogen) atoms. The van der Waals surface area contributed by atoms with Crippen molar-refractivity contribution in [3.8, 4) is 5.88 Å². The Morgan fingerprint density at radius 2 is 1.81 bits per heavy atom. The van der Waals surface area contributed by atoms with Crippen LogP contribution in [-0.4, -0.2) is 25.0 Å². The number of unbranched alkanes of at least 4 members (excludes halogenated alkanes) is 4. The lowest BCUT2D eigenvalue weighted by atomic mass is 10.2. The van der Waals surface area contributed by atoms with Gasteiger partial charge in [0.15, 0.2) is 5.88 Å². The number of H-pyrrole nitrogens is 2. The minimum absolute atomic E-state index is 0.00424. The van der Waals surface area contributed by atoms with Crippen molar-refractivity contribution in [3.63, 3.8) is 0 Å². The molecule has 3 rings (SSSR count). The van der Waals surface area contributed by atoms with Crippen molar-refractivity contribution < 1.29 is 13.2 Å². The molecule has 0 saturated carbocycles. The first kappa shape index (κ1) is 18.5. The molecular formula is C18H23N3O4S. The third kappa shape index (κ3) is 3.91. The fourth-order valence-electron chi connectivity index (χ4n) is 3.00. The van der Waals surface area contributed by atoms with E-state index in [4.69, 9.17) is 9.88 Å². The third-order valence-electron chi connectivity index (χ3n) is 4.38. The van der Waals surface area contributed by atoms with Crippen LogP contribution in [-0.2, 0) is 10.0 Å². The molecule has 0 aliphatic heterocycles. The highest BCUT2D eigenvalue weighted by Crippen LogP contribution is 2.27. The fraction of sp³-hybridized carbons (Fsp3) is 0.389. The van der Waals surface area contributed by atoms with Gasteiger partial charge < -0.3 is 9.72 Å². The minimum Gasteiger partial charge on any atom is -0.479 e. The molecule has 0 saturated heterocycles. The molecule has 2 aromatic heterocycles. The number of rotatable bonds is 8. The zero-order valence-corrected chi connectivity index (χ0v) is 15.5. The van der Waals surface area contributed by atoms with Gasteiger partial charge in [-0.15, -0.1) is 0 Å². The Morgan fingerprint density at radius 1 is 1.04 bits per heavy atom. The molecular weight excluding hydrogens is 354 g/mol. The first-order chi connectivity index (χ1) is 12.4. The predicted molar refractivity (Wildman–Crippen MR) is 102 cm³/mol. The van der Waals surface area contributed by atoms with Crippen LogP contribution in [0, 0.1) is 0 Å². The summed E-state index contributed by atoms with van der Waals surface area (Å²) in [4.78, 5) is 18.0. The molecule has 8 heteroatoms. The summed E-state index contributed by atoms with van der Waals surface area (Å²) in [5, 5.41) is 6.43. The Morgan fingerprint density at radius 3 is 2.54 bits per heavy atom. The quantitative estimate of drug-likeness (QED) is 0.523. The average Bonchev–Trinajstić information content (AvgIpc) is 2.96. The summed E-state index contributed by atoms with van der Waals surface area (Å²) in [7, 11) is -3.82. The highest BCUT2D eigenvalue weighted by molar-refractivity contribution is 7.89. The second-order valence-electron chi connectivity index (χ2n) is 6.39. The number of ether oxygens (including phenoxy) is 1. The van der Waals surface area contributed by atoms with Gasteiger partial charge in [0.25, 0.3) is 5.56 Å². The van der Waals surface area contributed by atoms with Gasteiger partial charge in [0.05, 0.1) is 11.5 Å². The molecule has 0 bridgehead atoms. The van der Waals surface area contributed by atoms with E-state index in [1.165, 1.54) is 31.4 Å². The van der Waals surface area contributed by atoms with Gasteiger partial charge in [-0.3, -0.25) is 9.78 Å². The number of pyridine rings is 1. The number of sulfonamides is 1. The smallest absolute Gasteiger partial charge is 0.275 e. The number of nitrogens with one attached hydrogen (secondary N) is 2. The van der Waals surface area contributed by atoms with Gasteiger partial charge in [-0.1, -0.05) is 32.6 Å². The van der Waals surface area contributed by atoms with Gasteiger partial charge >= 0.3 is 0 Å². The zero-order chi connectivity index (χ0) is 18.7. The molecule has 0 unspecified atom stereocenters. The summed E-state index contributed by atoms with van der Waals surface area (Å²) in [5.41, 5.74) is 0.730. The van der Waals surface area contributed by atoms with Crippen molar-refractivity contribution in [3.05, 3.63) is 34.6 Å². The SMILES string of the molecule is CCCCCCCOc1cc2c([nH]c3ccc(S(N)(=O)=O)cc32)c(=O)[nH]1. The highest BCUT2D eigenvalue weighted by atomic mass is 32.2. The first-order valence-electron chi connectivity index (χ1n) is 8.74. The molecule has 7 nitrogen and oxygen atoms in total. The van der Waals surface area contributed by atoms with Crippen LogP contribution in [0.5, 0.6) is 5.88 Å². The van der Waals surface area contributed by atoms with E-state index in [-0.39, 0.29) is 10.5 Å². The lowest BCUT2D eigenvalue weighted by molar-refractivity contribution is 0.293. The summed E-state index contributed by atoms with van der Waals surface area (Å²) in [5.74, 6) is 0.375. The van der Waals surface area contributed by atoms with Crippen LogP contribution in [0.4, 0.5) is 0 Å². The molecule has 0 aliphatic carbocycles. The molecule has 3 aromatic rings. The van der Waals surface area contributed by atoms with Gasteiger partial charge in [-0.05, 0) is 24.6 Å². The summed E-state index contributed by atoms with van der Waals surface area (Å²) in [6.07, 6.45) is 5.58. The van der Waals surface area contributed by atoms with E-state index in [9.17, 15) is 13.2 Å². The first-order valence-corrected chi connectivity index (χ1v) is 10.3. The molecule has 140 valence electrons. The van der Waals surface area contributed by atoms with Gasteiger partial charge in [0.1, 0.15) is 5.52 Å². The predicted octanol–water partition coefficient (Wildman–Crippen LogP) is 3.01. The highest BCUT2D eigenvalue weighted by Gasteiger charge is 2.14. The topological polar surface area (TPSA) is 118 Å². The molecule has 1 aromatic carbocycles. The Balaban J connectivity index is 1.90. The fourth-order valence-corrected chi connectivity index (χ4v) is 3.54. The summed E-state index contributed by atoms with van der Waals surface area (Å²) in [6.45, 7) is 2.69. The van der Waals surface area contributed by atoms with E-state index in [0.29, 0.717) is 34.3 Å². The summed E-state index contributed by atoms with van der Waals surface area (Å²) >= 11 is 0. The van der Waals surface area contributed by atoms with Crippen LogP contribution in [0.1, 0.15) is 39.0 Å². The normalized spacial score (nSPS) is 12.1. The van der Waals surface area contributed by atoms with Gasteiger partial charge in [0, 0.05) is 22.4 Å². The van der Waals surface area contributed by atoms with E-state index in [2.05, 4.69) is 16.9 Å². The van der Waals surface area contributed by atoms with E-state index >= 15 is 0 Å². The third-order valence-corrected chi connectivity index (χ3v) is 5.29. The maximum Gasteiger partial charge on any atom is 0.275 e. The minimum atomic E-state index is -3.82. The van der Waals surface area contributed by atoms with Crippen molar-refractivity contribution in [2.75, 3.05) is 6.61 Å². The number of aromatic nitrogens is 2. The molecule has 0 radical (unpaired) electrons. The van der Waals surface area contributed by atoms with Crippen LogP contribution in [0.2, 0.25) is 0 Å². The van der Waals surface area contributed by atoms with Crippen LogP contribution >= 0.6 is 0 Å². The number of nitrogens with two attached hydrogens (primary N) is 1. The molecule has 2 heterocycles. The van der Waals surface area contributed by atoms with Crippen LogP contribution in [0.3, 0.4) is 0 Å². The Bertz CT molecular complexity index is 1080. The molecule has 0 fully saturated rings. The van der Waals surface area contributed by atoms with Gasteiger partial charge in [-0.2, -0.15) is 0 Å². The molecule has 0 spiro atoms. The van der Waals surface area contributed by atoms with Crippen molar-refractivity contribution in [2.45, 2.75) is 43.9 Å². The van der Waals surface area contributed by atoms with Crippen molar-refractivity contribution in [1.29, 1.82) is 0 Å². The second kappa shape index (κ2) is 7.51. The number of primary sulfonamides is 1. The summed E-state index contributed by atoms with van der Waals surface area (Å²) in [6, 6.07) is 6.20. The Kier molecular flexibility index (Phi) is 5.33. The van der Waals surface area contributed by atoms with E-state index in [1.54, 1.807) is 12.1 Å². The monoisotopic (exact) mass is 377 g/mol. The van der Waals surface area contributed by atoms with Gasteiger partial charge in [-0.25, -0.2) is 13.6 Å². The van der Waals surface area contributed by atoms with Crippen LogP contribution < -0.4 is 15.4 Å². The molecule has 0 aliphatic rings. The molecule has 4 N–H and O–H groups in total. The van der Waals surface area contributed by atoms with E-state index in [0.717, 1.165) is 12.8 Å². The largest absolute Gasteiger partial charge is 0.479 e. The summed E-state index contributed by atoms with van der Waals surface area (Å²) < 4.78 is 28.9. The van der Waals surface area contributed by atoms with Crippen molar-refractivity contribution >= 4 is 31.8 Å². The zero-order valence-electron chi connectivity index (χ0n) is 14.7. The van der Waals surface area contributed by atoms with Crippen LogP contribution in [0.15, 0.2) is 34.0 Å². The molecule has 0 amide bonds. The Hall–Kier alpha value is -2.32. The number of aromatic amines is 2. The van der Waals surface area contributed by atoms with E-state index < -0.39 is 10.0 Å². The van der Waals surface area contributed by atoms with Gasteiger partial charge in [0.2, 0.25) is 10.0 Å². The van der Waals surface area contributed by atoms with Crippen molar-refractivity contribution in [2.24, 2.45) is 5.14 Å². The Labute approximate surface area is 151 Å². The average molecular weight is 377 g/mol. The number of fused-ring (bicyclic) bond motifs is 3. The maximum absolute atomic E-state index is 12.3. The standard InChI is InChI=1S/C18H23N3O4S/c1-2-3-4-5-6-9-25-16-11-14-13-10-12(26(19,23)24)7-8-15(13)20-17(14)18(22)21-16/h7-8,10-11,20H,2-6,9H2,1H3,(H,21,22)(H2,19,23,24). The van der Waals surface area contributed by atoms with Crippen molar-refractivity contribution in [1.82, 2.24) is 9.97 Å².